The Balaban J connectivity index is 1.43. The normalized spacial score (nSPS) is 16.0. The number of rotatable bonds is 20. The number of benzene rings is 2. The van der Waals surface area contributed by atoms with Crippen molar-refractivity contribution >= 4 is 29.7 Å². The number of amides is 5. The number of piperazine rings is 1. The summed E-state index contributed by atoms with van der Waals surface area (Å²) in [5.41, 5.74) is 1.74. The average molecular weight is 831 g/mol. The van der Waals surface area contributed by atoms with Gasteiger partial charge in [0.25, 0.3) is 0 Å². The topological polar surface area (TPSA) is 198 Å². The van der Waals surface area contributed by atoms with E-state index < -0.39 is 59.7 Å². The van der Waals surface area contributed by atoms with Gasteiger partial charge in [0.05, 0.1) is 24.9 Å². The first-order valence-electron chi connectivity index (χ1n) is 21.1. The van der Waals surface area contributed by atoms with Crippen LogP contribution in [0.25, 0.3) is 0 Å². The van der Waals surface area contributed by atoms with Crippen molar-refractivity contribution in [3.8, 4) is 0 Å². The molecule has 0 aliphatic carbocycles. The molecule has 2 heterocycles. The molecule has 1 aliphatic rings. The summed E-state index contributed by atoms with van der Waals surface area (Å²) in [4.78, 5) is 79.5. The van der Waals surface area contributed by atoms with Crippen molar-refractivity contribution in [2.75, 3.05) is 26.2 Å². The molecular weight excluding hydrogens is 765 g/mol. The Labute approximate surface area is 354 Å². The number of aliphatic hydroxyl groups is 1. The van der Waals surface area contributed by atoms with E-state index in [0.717, 1.165) is 12.1 Å². The van der Waals surface area contributed by atoms with E-state index in [2.05, 4.69) is 48.3 Å². The quantitative estimate of drug-likeness (QED) is 0.0983. The molecule has 328 valence electrons. The molecule has 6 N–H and O–H groups in total. The summed E-state index contributed by atoms with van der Waals surface area (Å²) in [5.74, 6) is -1.75. The molecule has 5 atom stereocenters. The van der Waals surface area contributed by atoms with Gasteiger partial charge in [-0.2, -0.15) is 0 Å². The number of ether oxygens (including phenoxy) is 1. The van der Waals surface area contributed by atoms with Crippen LogP contribution in [0.4, 0.5) is 4.79 Å². The number of imidazole rings is 1. The summed E-state index contributed by atoms with van der Waals surface area (Å²) in [7, 11) is 0. The molecule has 60 heavy (non-hydrogen) atoms. The van der Waals surface area contributed by atoms with E-state index in [4.69, 9.17) is 4.74 Å². The lowest BCUT2D eigenvalue weighted by atomic mass is 9.95. The van der Waals surface area contributed by atoms with Crippen LogP contribution in [0, 0.1) is 11.8 Å². The predicted molar refractivity (Wildman–Crippen MR) is 229 cm³/mol. The Bertz CT molecular complexity index is 1790. The number of nitrogens with one attached hydrogen (secondary N) is 5. The second-order valence-electron chi connectivity index (χ2n) is 17.6. The van der Waals surface area contributed by atoms with Crippen molar-refractivity contribution in [3.05, 3.63) is 90.0 Å². The summed E-state index contributed by atoms with van der Waals surface area (Å²) in [6.07, 6.45) is 1.44. The first-order chi connectivity index (χ1) is 28.4. The lowest BCUT2D eigenvalue weighted by molar-refractivity contribution is -0.139. The molecule has 15 nitrogen and oxygen atoms in total. The van der Waals surface area contributed by atoms with Crippen LogP contribution in [0.1, 0.15) is 84.5 Å². The van der Waals surface area contributed by atoms with E-state index in [0.29, 0.717) is 44.7 Å². The number of carbonyl (C=O) groups excluding carboxylic acids is 5. The molecule has 1 aliphatic heterocycles. The zero-order valence-electron chi connectivity index (χ0n) is 36.3. The highest BCUT2D eigenvalue weighted by molar-refractivity contribution is 5.92. The van der Waals surface area contributed by atoms with Gasteiger partial charge in [-0.15, -0.1) is 0 Å². The Morgan fingerprint density at radius 1 is 0.750 bits per heavy atom. The summed E-state index contributed by atoms with van der Waals surface area (Å²) < 4.78 is 5.44. The Hall–Kier alpha value is -5.28. The van der Waals surface area contributed by atoms with Crippen molar-refractivity contribution < 1.29 is 33.8 Å². The lowest BCUT2D eigenvalue weighted by Crippen LogP contribution is -2.58. The first kappa shape index (κ1) is 47.4. The van der Waals surface area contributed by atoms with Crippen molar-refractivity contribution in [2.45, 2.75) is 123 Å². The molecule has 0 saturated carbocycles. The molecule has 0 bridgehead atoms. The maximum absolute atomic E-state index is 14.1. The predicted octanol–water partition coefficient (Wildman–Crippen LogP) is 3.73. The molecule has 2 aromatic carbocycles. The Kier molecular flexibility index (Phi) is 18.1. The van der Waals surface area contributed by atoms with E-state index in [-0.39, 0.29) is 37.0 Å². The van der Waals surface area contributed by atoms with E-state index in [1.54, 1.807) is 25.7 Å². The molecule has 15 heteroatoms. The zero-order valence-corrected chi connectivity index (χ0v) is 36.3. The minimum absolute atomic E-state index is 0.0118. The highest BCUT2D eigenvalue weighted by Crippen LogP contribution is 2.16. The molecule has 0 spiro atoms. The summed E-state index contributed by atoms with van der Waals surface area (Å²) >= 11 is 0. The average Bonchev–Trinajstić information content (AvgIpc) is 3.70. The van der Waals surface area contributed by atoms with Gasteiger partial charge in [-0.3, -0.25) is 24.1 Å². The molecule has 0 radical (unpaired) electrons. The second-order valence-corrected chi connectivity index (χ2v) is 17.6. The Morgan fingerprint density at radius 2 is 1.33 bits per heavy atom. The molecule has 4 rings (SSSR count). The molecule has 1 aromatic heterocycles. The lowest BCUT2D eigenvalue weighted by Gasteiger charge is -2.37. The fourth-order valence-corrected chi connectivity index (χ4v) is 7.18. The largest absolute Gasteiger partial charge is 0.444 e. The van der Waals surface area contributed by atoms with Gasteiger partial charge >= 0.3 is 6.09 Å². The van der Waals surface area contributed by atoms with Crippen molar-refractivity contribution in [3.63, 3.8) is 0 Å². The summed E-state index contributed by atoms with van der Waals surface area (Å²) in [6, 6.07) is 15.4. The maximum Gasteiger partial charge on any atom is 0.408 e. The van der Waals surface area contributed by atoms with Crippen LogP contribution in [0.3, 0.4) is 0 Å². The van der Waals surface area contributed by atoms with Crippen LogP contribution in [0.15, 0.2) is 73.2 Å². The Morgan fingerprint density at radius 3 is 1.90 bits per heavy atom. The minimum atomic E-state index is -1.31. The highest BCUT2D eigenvalue weighted by Gasteiger charge is 2.34. The van der Waals surface area contributed by atoms with Gasteiger partial charge in [-0.25, -0.2) is 9.78 Å². The van der Waals surface area contributed by atoms with Crippen molar-refractivity contribution in [2.24, 2.45) is 11.8 Å². The number of aliphatic hydroxyl groups excluding tert-OH is 1. The molecule has 1 saturated heterocycles. The second kappa shape index (κ2) is 22.9. The number of alkyl carbamates (subject to hydrolysis) is 1. The van der Waals surface area contributed by atoms with E-state index in [1.165, 1.54) is 18.1 Å². The molecule has 2 unspecified atom stereocenters. The van der Waals surface area contributed by atoms with Crippen molar-refractivity contribution in [1.82, 2.24) is 41.0 Å². The number of hydrogen-bond acceptors (Lipinski definition) is 9. The van der Waals surface area contributed by atoms with Gasteiger partial charge in [-0.05, 0) is 56.6 Å². The van der Waals surface area contributed by atoms with Gasteiger partial charge in [-0.1, -0.05) is 88.4 Å². The number of H-pyrrole nitrogens is 1. The minimum Gasteiger partial charge on any atom is -0.444 e. The SMILES string of the molecule is CC(C)CC(NC(=O)[C@H](Cc1cnc[nH]1)NC(=O)[C@H](Cc1ccccc1)NC(=O)OC(C)(C)C)C(O)CC(=O)N[C@@H](CC(C)C)C(=O)N1CCN(Cc2ccccc2)CC1. The highest BCUT2D eigenvalue weighted by atomic mass is 16.6. The smallest absolute Gasteiger partial charge is 0.408 e. The van der Waals surface area contributed by atoms with E-state index in [9.17, 15) is 29.1 Å². The molecule has 1 fully saturated rings. The van der Waals surface area contributed by atoms with Crippen molar-refractivity contribution in [1.29, 1.82) is 0 Å². The third-order valence-corrected chi connectivity index (χ3v) is 10.1. The zero-order chi connectivity index (χ0) is 43.8. The number of hydrogen-bond donors (Lipinski definition) is 6. The molecule has 5 amide bonds. The van der Waals surface area contributed by atoms with Gasteiger partial charge in [0.1, 0.15) is 23.7 Å². The van der Waals surface area contributed by atoms with Crippen LogP contribution in [0.2, 0.25) is 0 Å². The van der Waals surface area contributed by atoms with Crippen LogP contribution >= 0.6 is 0 Å². The number of aromatic amines is 1. The van der Waals surface area contributed by atoms with Gasteiger partial charge in [0.15, 0.2) is 0 Å². The van der Waals surface area contributed by atoms with E-state index >= 15 is 0 Å². The van der Waals surface area contributed by atoms with Gasteiger partial charge < -0.3 is 41.0 Å². The van der Waals surface area contributed by atoms with Crippen LogP contribution in [-0.4, -0.2) is 117 Å². The molecule has 3 aromatic rings. The summed E-state index contributed by atoms with van der Waals surface area (Å²) in [6.45, 7) is 16.3. The summed E-state index contributed by atoms with van der Waals surface area (Å²) in [5, 5.41) is 22.8. The third-order valence-electron chi connectivity index (χ3n) is 10.1. The van der Waals surface area contributed by atoms with Crippen LogP contribution < -0.4 is 21.3 Å². The number of aromatic nitrogens is 2. The van der Waals surface area contributed by atoms with Gasteiger partial charge in [0, 0.05) is 57.5 Å². The third kappa shape index (κ3) is 16.4. The number of nitrogens with zero attached hydrogens (tertiary/aromatic N) is 3. The molecular formula is C45H66N8O7. The fourth-order valence-electron chi connectivity index (χ4n) is 7.18. The maximum atomic E-state index is 14.1. The number of carbonyl (C=O) groups is 5. The van der Waals surface area contributed by atoms with Crippen LogP contribution in [-0.2, 0) is 43.3 Å². The standard InChI is InChI=1S/C45H66N8O7/c1-30(2)22-35(39(54)26-40(55)48-38(23-31(3)4)43(58)53-20-18-52(19-21-53)28-33-16-12-9-13-17-33)49-42(57)37(25-34-27-46-29-47-34)50-41(56)36(24-32-14-10-8-11-15-32)51-44(59)60-45(5,6)7/h8-17,27,29-31,35-39,54H,18-26,28H2,1-7H3,(H,46,47)(H,48,55)(H,49,57)(H,50,56)(H,51,59)/t35?,36-,37-,38-,39?/m0/s1. The van der Waals surface area contributed by atoms with E-state index in [1.807, 2.05) is 76.2 Å². The van der Waals surface area contributed by atoms with Crippen LogP contribution in [0.5, 0.6) is 0 Å². The fraction of sp³-hybridized carbons (Fsp3) is 0.556. The first-order valence-corrected chi connectivity index (χ1v) is 21.1. The monoisotopic (exact) mass is 831 g/mol. The van der Waals surface area contributed by atoms with Gasteiger partial charge in [0.2, 0.25) is 23.6 Å².